The Hall–Kier alpha value is -2.25. The molecule has 8 heteroatoms. The molecule has 0 aromatic heterocycles. The Bertz CT molecular complexity index is 858. The molecule has 1 aliphatic heterocycles. The second-order valence-corrected chi connectivity index (χ2v) is 7.18. The molecule has 1 atom stereocenters. The van der Waals surface area contributed by atoms with Crippen molar-refractivity contribution in [1.29, 1.82) is 0 Å². The monoisotopic (exact) mass is 412 g/mol. The highest BCUT2D eigenvalue weighted by molar-refractivity contribution is 6.31. The Kier molecular flexibility index (Phi) is 6.15. The fourth-order valence-corrected chi connectivity index (χ4v) is 3.54. The number of hydrogen-bond acceptors (Lipinski definition) is 3. The lowest BCUT2D eigenvalue weighted by Crippen LogP contribution is -2.39. The zero-order valence-electron chi connectivity index (χ0n) is 15.0. The van der Waals surface area contributed by atoms with Crippen LogP contribution in [0.3, 0.4) is 0 Å². The molecular weight excluding hydrogens is 393 g/mol. The lowest BCUT2D eigenvalue weighted by atomic mass is 10.1. The van der Waals surface area contributed by atoms with Gasteiger partial charge in [0.25, 0.3) is 0 Å². The highest BCUT2D eigenvalue weighted by Gasteiger charge is 2.30. The lowest BCUT2D eigenvalue weighted by Gasteiger charge is -2.22. The number of nitrogens with zero attached hydrogens (tertiary/aromatic N) is 1. The van der Waals surface area contributed by atoms with Gasteiger partial charge in [-0.2, -0.15) is 13.2 Å². The average molecular weight is 413 g/mol. The van der Waals surface area contributed by atoms with Gasteiger partial charge in [-0.15, -0.1) is 0 Å². The van der Waals surface area contributed by atoms with Gasteiger partial charge in [-0.25, -0.2) is 0 Å². The number of ether oxygens (including phenoxy) is 1. The van der Waals surface area contributed by atoms with Gasteiger partial charge in [0.1, 0.15) is 12.4 Å². The fraction of sp³-hybridized carbons (Fsp3) is 0.350. The first-order valence-electron chi connectivity index (χ1n) is 8.85. The van der Waals surface area contributed by atoms with Gasteiger partial charge < -0.3 is 10.5 Å². The van der Waals surface area contributed by atoms with E-state index in [1.807, 2.05) is 4.90 Å². The average Bonchev–Trinajstić information content (AvgIpc) is 3.10. The van der Waals surface area contributed by atoms with Crippen molar-refractivity contribution in [2.45, 2.75) is 38.2 Å². The Morgan fingerprint density at radius 1 is 1.25 bits per heavy atom. The van der Waals surface area contributed by atoms with E-state index in [-0.39, 0.29) is 18.6 Å². The van der Waals surface area contributed by atoms with Crippen molar-refractivity contribution < 1.29 is 22.7 Å². The summed E-state index contributed by atoms with van der Waals surface area (Å²) < 4.78 is 43.9. The molecule has 1 heterocycles. The summed E-state index contributed by atoms with van der Waals surface area (Å²) in [5, 5.41) is 0.469. The highest BCUT2D eigenvalue weighted by Crippen LogP contribution is 2.30. The summed E-state index contributed by atoms with van der Waals surface area (Å²) in [6, 6.07) is 9.85. The second kappa shape index (κ2) is 8.41. The molecule has 4 nitrogen and oxygen atoms in total. The number of carbonyl (C=O) groups excluding carboxylic acids is 1. The minimum Gasteiger partial charge on any atom is -0.489 e. The van der Waals surface area contributed by atoms with Gasteiger partial charge in [-0.05, 0) is 54.8 Å². The molecule has 2 aromatic rings. The molecule has 3 rings (SSSR count). The third kappa shape index (κ3) is 4.97. The van der Waals surface area contributed by atoms with Crippen molar-refractivity contribution in [2.24, 2.45) is 5.73 Å². The number of carbonyl (C=O) groups is 1. The predicted octanol–water partition coefficient (Wildman–Crippen LogP) is 4.39. The first-order chi connectivity index (χ1) is 13.2. The minimum absolute atomic E-state index is 0.00449. The van der Waals surface area contributed by atoms with E-state index < -0.39 is 11.7 Å². The standard InChI is InChI=1S/C20H20ClF3N2O2/c21-17-10-16(28-12-13-3-1-4-15(9-13)20(22,23)24)7-6-14(17)11-26-8-2-5-18(26)19(25)27/h1,3-4,6-7,9-10,18H,2,5,8,11-12H2,(H2,25,27)/t18-/m0/s1. The Morgan fingerprint density at radius 3 is 2.71 bits per heavy atom. The van der Waals surface area contributed by atoms with Crippen LogP contribution in [0.25, 0.3) is 0 Å². The predicted molar refractivity (Wildman–Crippen MR) is 99.9 cm³/mol. The number of likely N-dealkylation sites (tertiary alicyclic amines) is 1. The van der Waals surface area contributed by atoms with Crippen molar-refractivity contribution in [3.8, 4) is 5.75 Å². The molecule has 0 spiro atoms. The van der Waals surface area contributed by atoms with E-state index in [1.165, 1.54) is 6.07 Å². The summed E-state index contributed by atoms with van der Waals surface area (Å²) in [5.41, 5.74) is 5.97. The number of rotatable bonds is 6. The maximum absolute atomic E-state index is 12.8. The molecule has 0 radical (unpaired) electrons. The molecule has 0 bridgehead atoms. The van der Waals surface area contributed by atoms with Gasteiger partial charge in [0, 0.05) is 11.6 Å². The molecular formula is C20H20ClF3N2O2. The van der Waals surface area contributed by atoms with Crippen molar-refractivity contribution in [3.63, 3.8) is 0 Å². The molecule has 0 aliphatic carbocycles. The van der Waals surface area contributed by atoms with E-state index in [0.717, 1.165) is 37.1 Å². The minimum atomic E-state index is -4.39. The van der Waals surface area contributed by atoms with E-state index >= 15 is 0 Å². The number of alkyl halides is 3. The van der Waals surface area contributed by atoms with Crippen LogP contribution in [0.4, 0.5) is 13.2 Å². The summed E-state index contributed by atoms with van der Waals surface area (Å²) in [6.45, 7) is 1.27. The number of benzene rings is 2. The number of nitrogens with two attached hydrogens (primary N) is 1. The summed E-state index contributed by atoms with van der Waals surface area (Å²) >= 11 is 6.33. The zero-order chi connectivity index (χ0) is 20.3. The van der Waals surface area contributed by atoms with Crippen LogP contribution in [0.1, 0.15) is 29.5 Å². The van der Waals surface area contributed by atoms with Crippen LogP contribution in [0.2, 0.25) is 5.02 Å². The molecule has 1 saturated heterocycles. The van der Waals surface area contributed by atoms with Crippen molar-refractivity contribution in [2.75, 3.05) is 6.54 Å². The van der Waals surface area contributed by atoms with Crippen molar-refractivity contribution >= 4 is 17.5 Å². The first kappa shape index (κ1) is 20.5. The van der Waals surface area contributed by atoms with Gasteiger partial charge in [0.15, 0.2) is 0 Å². The maximum Gasteiger partial charge on any atom is 0.416 e. The Labute approximate surface area is 166 Å². The van der Waals surface area contributed by atoms with Gasteiger partial charge in [-0.1, -0.05) is 29.8 Å². The smallest absolute Gasteiger partial charge is 0.416 e. The third-order valence-corrected chi connectivity index (χ3v) is 5.10. The largest absolute Gasteiger partial charge is 0.489 e. The molecule has 2 N–H and O–H groups in total. The molecule has 0 saturated carbocycles. The van der Waals surface area contributed by atoms with Crippen LogP contribution in [-0.4, -0.2) is 23.4 Å². The van der Waals surface area contributed by atoms with Crippen LogP contribution in [0, 0.1) is 0 Å². The Balaban J connectivity index is 1.64. The molecule has 1 fully saturated rings. The summed E-state index contributed by atoms with van der Waals surface area (Å²) in [7, 11) is 0. The highest BCUT2D eigenvalue weighted by atomic mass is 35.5. The molecule has 1 aliphatic rings. The second-order valence-electron chi connectivity index (χ2n) is 6.77. The SMILES string of the molecule is NC(=O)[C@@H]1CCCN1Cc1ccc(OCc2cccc(C(F)(F)F)c2)cc1Cl. The molecule has 2 aromatic carbocycles. The van der Waals surface area contributed by atoms with Gasteiger partial charge in [0.2, 0.25) is 5.91 Å². The van der Waals surface area contributed by atoms with E-state index in [0.29, 0.717) is 22.9 Å². The summed E-state index contributed by atoms with van der Waals surface area (Å²) in [6.07, 6.45) is -2.74. The van der Waals surface area contributed by atoms with Crippen LogP contribution < -0.4 is 10.5 Å². The van der Waals surface area contributed by atoms with Gasteiger partial charge >= 0.3 is 6.18 Å². The van der Waals surface area contributed by atoms with E-state index in [9.17, 15) is 18.0 Å². The van der Waals surface area contributed by atoms with Crippen LogP contribution in [0.5, 0.6) is 5.75 Å². The normalized spacial score (nSPS) is 17.6. The number of halogens is 4. The summed E-state index contributed by atoms with van der Waals surface area (Å²) in [5.74, 6) is 0.119. The van der Waals surface area contributed by atoms with Crippen molar-refractivity contribution in [1.82, 2.24) is 4.90 Å². The zero-order valence-corrected chi connectivity index (χ0v) is 15.8. The lowest BCUT2D eigenvalue weighted by molar-refractivity contribution is -0.137. The van der Waals surface area contributed by atoms with Crippen molar-refractivity contribution in [3.05, 3.63) is 64.2 Å². The molecule has 150 valence electrons. The van der Waals surface area contributed by atoms with E-state index in [4.69, 9.17) is 22.1 Å². The van der Waals surface area contributed by atoms with Gasteiger partial charge in [0.05, 0.1) is 11.6 Å². The first-order valence-corrected chi connectivity index (χ1v) is 9.22. The Morgan fingerprint density at radius 2 is 2.04 bits per heavy atom. The van der Waals surface area contributed by atoms with Gasteiger partial charge in [-0.3, -0.25) is 9.69 Å². The summed E-state index contributed by atoms with van der Waals surface area (Å²) in [4.78, 5) is 13.5. The molecule has 0 unspecified atom stereocenters. The van der Waals surface area contributed by atoms with Crippen LogP contribution >= 0.6 is 11.6 Å². The number of hydrogen-bond donors (Lipinski definition) is 1. The number of amides is 1. The fourth-order valence-electron chi connectivity index (χ4n) is 3.31. The van der Waals surface area contributed by atoms with Crippen LogP contribution in [0.15, 0.2) is 42.5 Å². The third-order valence-electron chi connectivity index (χ3n) is 4.75. The maximum atomic E-state index is 12.8. The number of primary amides is 1. The van der Waals surface area contributed by atoms with E-state index in [2.05, 4.69) is 0 Å². The quantitative estimate of drug-likeness (QED) is 0.765. The van der Waals surface area contributed by atoms with E-state index in [1.54, 1.807) is 24.3 Å². The van der Waals surface area contributed by atoms with Crippen LogP contribution in [-0.2, 0) is 24.1 Å². The topological polar surface area (TPSA) is 55.6 Å². The molecule has 28 heavy (non-hydrogen) atoms. The molecule has 1 amide bonds.